The maximum absolute atomic E-state index is 13.5. The summed E-state index contributed by atoms with van der Waals surface area (Å²) in [5.74, 6) is -1.17. The van der Waals surface area contributed by atoms with Gasteiger partial charge in [0.1, 0.15) is 10.8 Å². The number of amides is 1. The maximum Gasteiger partial charge on any atom is 0.341 e. The minimum Gasteiger partial charge on any atom is -0.462 e. The third-order valence-corrected chi connectivity index (χ3v) is 6.05. The van der Waals surface area contributed by atoms with Crippen LogP contribution in [0.15, 0.2) is 24.3 Å². The molecule has 1 amide bonds. The second-order valence-corrected chi connectivity index (χ2v) is 7.80. The lowest BCUT2D eigenvalue weighted by Crippen LogP contribution is -2.16. The number of carbonyl (C=O) groups is 2. The van der Waals surface area contributed by atoms with E-state index >= 15 is 0 Å². The highest BCUT2D eigenvalue weighted by Gasteiger charge is 2.28. The van der Waals surface area contributed by atoms with Gasteiger partial charge in [0, 0.05) is 10.3 Å². The molecule has 0 bridgehead atoms. The number of anilines is 1. The van der Waals surface area contributed by atoms with E-state index in [2.05, 4.69) is 10.3 Å². The highest BCUT2D eigenvalue weighted by Crippen LogP contribution is 2.39. The van der Waals surface area contributed by atoms with Gasteiger partial charge in [0.15, 0.2) is 0 Å². The first-order valence-corrected chi connectivity index (χ1v) is 9.99. The second kappa shape index (κ2) is 7.31. The number of rotatable bonds is 4. The van der Waals surface area contributed by atoms with Crippen molar-refractivity contribution in [2.75, 3.05) is 11.9 Å². The fraction of sp³-hybridized carbons (Fsp3) is 0.286. The smallest absolute Gasteiger partial charge is 0.341 e. The number of esters is 1. The number of aromatic nitrogens is 1. The molecule has 0 fully saturated rings. The predicted octanol–water partition coefficient (Wildman–Crippen LogP) is 4.66. The minimum absolute atomic E-state index is 0.274. The third-order valence-electron chi connectivity index (χ3n) is 4.84. The average molecular weight is 398 g/mol. The standard InChI is InChI=1S/C21H19FN2O3S/c1-3-27-21(26)18-14-5-4-6-17(14)28-20(18)24-19(25)15-10-12-9-13(22)7-8-16(12)23-11(15)2/h7-10H,3-6H2,1-2H3,(H,24,25). The van der Waals surface area contributed by atoms with Gasteiger partial charge < -0.3 is 10.1 Å². The summed E-state index contributed by atoms with van der Waals surface area (Å²) < 4.78 is 18.7. The number of nitrogens with one attached hydrogen (secondary N) is 1. The zero-order valence-corrected chi connectivity index (χ0v) is 16.4. The summed E-state index contributed by atoms with van der Waals surface area (Å²) in [5.41, 5.74) is 2.96. The first-order chi connectivity index (χ1) is 13.5. The molecule has 1 aliphatic carbocycles. The number of benzene rings is 1. The Bertz CT molecular complexity index is 1110. The van der Waals surface area contributed by atoms with Crippen molar-refractivity contribution in [2.24, 2.45) is 0 Å². The molecule has 1 N–H and O–H groups in total. The van der Waals surface area contributed by atoms with Crippen LogP contribution < -0.4 is 5.32 Å². The Labute approximate surface area is 165 Å². The summed E-state index contributed by atoms with van der Waals surface area (Å²) in [6.45, 7) is 3.76. The SMILES string of the molecule is CCOC(=O)c1c(NC(=O)c2cc3cc(F)ccc3nc2C)sc2c1CCC2. The molecule has 7 heteroatoms. The summed E-state index contributed by atoms with van der Waals surface area (Å²) in [6.07, 6.45) is 2.71. The van der Waals surface area contributed by atoms with E-state index in [0.717, 1.165) is 29.7 Å². The molecule has 0 spiro atoms. The summed E-state index contributed by atoms with van der Waals surface area (Å²) in [5, 5.41) is 3.92. The summed E-state index contributed by atoms with van der Waals surface area (Å²) in [6, 6.07) is 5.90. The van der Waals surface area contributed by atoms with Gasteiger partial charge in [-0.1, -0.05) is 0 Å². The third kappa shape index (κ3) is 3.26. The number of thiophene rings is 1. The number of pyridine rings is 1. The molecule has 3 aromatic rings. The quantitative estimate of drug-likeness (QED) is 0.649. The van der Waals surface area contributed by atoms with Gasteiger partial charge in [-0.2, -0.15) is 0 Å². The van der Waals surface area contributed by atoms with Crippen molar-refractivity contribution < 1.29 is 18.7 Å². The lowest BCUT2D eigenvalue weighted by atomic mass is 10.1. The van der Waals surface area contributed by atoms with Crippen LogP contribution in [0.5, 0.6) is 0 Å². The lowest BCUT2D eigenvalue weighted by Gasteiger charge is -2.10. The molecule has 0 saturated heterocycles. The van der Waals surface area contributed by atoms with Crippen LogP contribution in [0, 0.1) is 12.7 Å². The van der Waals surface area contributed by atoms with Gasteiger partial charge in [-0.25, -0.2) is 9.18 Å². The maximum atomic E-state index is 13.5. The highest BCUT2D eigenvalue weighted by molar-refractivity contribution is 7.17. The van der Waals surface area contributed by atoms with Crippen LogP contribution in [-0.2, 0) is 17.6 Å². The number of hydrogen-bond donors (Lipinski definition) is 1. The van der Waals surface area contributed by atoms with Crippen LogP contribution in [0.1, 0.15) is 50.2 Å². The van der Waals surface area contributed by atoms with Crippen molar-refractivity contribution in [1.29, 1.82) is 0 Å². The van der Waals surface area contributed by atoms with Crippen molar-refractivity contribution in [3.05, 3.63) is 57.3 Å². The molecule has 0 unspecified atom stereocenters. The molecule has 0 saturated carbocycles. The largest absolute Gasteiger partial charge is 0.462 e. The van der Waals surface area contributed by atoms with Crippen LogP contribution >= 0.6 is 11.3 Å². The molecule has 0 radical (unpaired) electrons. The van der Waals surface area contributed by atoms with Crippen molar-refractivity contribution in [3.8, 4) is 0 Å². The van der Waals surface area contributed by atoms with Crippen LogP contribution in [-0.4, -0.2) is 23.5 Å². The van der Waals surface area contributed by atoms with Gasteiger partial charge >= 0.3 is 5.97 Å². The van der Waals surface area contributed by atoms with E-state index < -0.39 is 5.97 Å². The molecule has 1 aliphatic rings. The van der Waals surface area contributed by atoms with E-state index in [0.29, 0.717) is 32.7 Å². The molecule has 1 aromatic carbocycles. The van der Waals surface area contributed by atoms with Gasteiger partial charge in [0.05, 0.1) is 28.9 Å². The van der Waals surface area contributed by atoms with Crippen molar-refractivity contribution in [1.82, 2.24) is 4.98 Å². The van der Waals surface area contributed by atoms with Crippen LogP contribution in [0.2, 0.25) is 0 Å². The topological polar surface area (TPSA) is 68.3 Å². The van der Waals surface area contributed by atoms with Crippen molar-refractivity contribution >= 4 is 39.1 Å². The van der Waals surface area contributed by atoms with E-state index in [4.69, 9.17) is 4.74 Å². The first kappa shape index (κ1) is 18.6. The molecule has 144 valence electrons. The van der Waals surface area contributed by atoms with E-state index in [-0.39, 0.29) is 18.3 Å². The molecule has 0 aliphatic heterocycles. The molecule has 5 nitrogen and oxygen atoms in total. The fourth-order valence-corrected chi connectivity index (χ4v) is 4.83. The van der Waals surface area contributed by atoms with Gasteiger partial charge in [-0.3, -0.25) is 9.78 Å². The molecule has 2 heterocycles. The van der Waals surface area contributed by atoms with Gasteiger partial charge in [-0.15, -0.1) is 11.3 Å². The minimum atomic E-state index is -0.410. The van der Waals surface area contributed by atoms with E-state index in [1.807, 2.05) is 0 Å². The number of carbonyl (C=O) groups excluding carboxylic acids is 2. The first-order valence-electron chi connectivity index (χ1n) is 9.18. The number of halogens is 1. The molecule has 0 atom stereocenters. The Morgan fingerprint density at radius 3 is 2.89 bits per heavy atom. The Morgan fingerprint density at radius 2 is 2.11 bits per heavy atom. The monoisotopic (exact) mass is 398 g/mol. The van der Waals surface area contributed by atoms with E-state index in [1.165, 1.54) is 23.5 Å². The summed E-state index contributed by atoms with van der Waals surface area (Å²) in [7, 11) is 0. The Hall–Kier alpha value is -2.80. The van der Waals surface area contributed by atoms with Crippen LogP contribution in [0.3, 0.4) is 0 Å². The van der Waals surface area contributed by atoms with Gasteiger partial charge in [0.25, 0.3) is 5.91 Å². The van der Waals surface area contributed by atoms with Crippen LogP contribution in [0.4, 0.5) is 9.39 Å². The van der Waals surface area contributed by atoms with Crippen molar-refractivity contribution in [3.63, 3.8) is 0 Å². The van der Waals surface area contributed by atoms with Crippen molar-refractivity contribution in [2.45, 2.75) is 33.1 Å². The number of nitrogens with zero attached hydrogens (tertiary/aromatic N) is 1. The Kier molecular flexibility index (Phi) is 4.85. The average Bonchev–Trinajstić information content (AvgIpc) is 3.22. The zero-order chi connectivity index (χ0) is 19.8. The lowest BCUT2D eigenvalue weighted by molar-refractivity contribution is 0.0527. The molecular formula is C21H19FN2O3S. The van der Waals surface area contributed by atoms with Gasteiger partial charge in [0.2, 0.25) is 0 Å². The number of hydrogen-bond acceptors (Lipinski definition) is 5. The van der Waals surface area contributed by atoms with E-state index in [9.17, 15) is 14.0 Å². The molecular weight excluding hydrogens is 379 g/mol. The van der Waals surface area contributed by atoms with Gasteiger partial charge in [-0.05, 0) is 62.9 Å². The fourth-order valence-electron chi connectivity index (χ4n) is 3.56. The normalized spacial score (nSPS) is 12.8. The molecule has 28 heavy (non-hydrogen) atoms. The summed E-state index contributed by atoms with van der Waals surface area (Å²) in [4.78, 5) is 30.9. The molecule has 2 aromatic heterocycles. The number of ether oxygens (including phenoxy) is 1. The Morgan fingerprint density at radius 1 is 1.29 bits per heavy atom. The van der Waals surface area contributed by atoms with E-state index in [1.54, 1.807) is 26.0 Å². The Balaban J connectivity index is 1.70. The number of fused-ring (bicyclic) bond motifs is 2. The molecule has 4 rings (SSSR count). The number of aryl methyl sites for hydroxylation is 2. The zero-order valence-electron chi connectivity index (χ0n) is 15.6. The predicted molar refractivity (Wildman–Crippen MR) is 107 cm³/mol. The summed E-state index contributed by atoms with van der Waals surface area (Å²) >= 11 is 1.42. The highest BCUT2D eigenvalue weighted by atomic mass is 32.1. The second-order valence-electron chi connectivity index (χ2n) is 6.69. The van der Waals surface area contributed by atoms with Crippen LogP contribution in [0.25, 0.3) is 10.9 Å².